The number of hydrogen-bond donors (Lipinski definition) is 1. The lowest BCUT2D eigenvalue weighted by Crippen LogP contribution is -2.35. The van der Waals surface area contributed by atoms with Crippen LogP contribution in [0.2, 0.25) is 0 Å². The molecule has 30 heavy (non-hydrogen) atoms. The van der Waals surface area contributed by atoms with Gasteiger partial charge in [-0.2, -0.15) is 0 Å². The lowest BCUT2D eigenvalue weighted by atomic mass is 10.1. The van der Waals surface area contributed by atoms with Crippen LogP contribution in [0.4, 0.5) is 11.4 Å². The first-order chi connectivity index (χ1) is 14.5. The minimum absolute atomic E-state index is 0.00976. The zero-order valence-electron chi connectivity index (χ0n) is 15.4. The summed E-state index contributed by atoms with van der Waals surface area (Å²) in [6.45, 7) is 0. The highest BCUT2D eigenvalue weighted by atomic mass is 16.6. The van der Waals surface area contributed by atoms with Crippen molar-refractivity contribution in [3.8, 4) is 11.6 Å². The molecule has 1 aromatic heterocycles. The van der Waals surface area contributed by atoms with Crippen LogP contribution in [0.5, 0.6) is 11.6 Å². The Morgan fingerprint density at radius 3 is 2.53 bits per heavy atom. The molecule has 0 bridgehead atoms. The van der Waals surface area contributed by atoms with Crippen LogP contribution < -0.4 is 15.2 Å². The molecule has 0 atom stereocenters. The molecule has 1 fully saturated rings. The summed E-state index contributed by atoms with van der Waals surface area (Å²) in [5.74, 6) is -0.395. The second kappa shape index (κ2) is 7.84. The van der Waals surface area contributed by atoms with Crippen LogP contribution in [0.1, 0.15) is 5.56 Å². The SMILES string of the molecule is O=C1NN(c2ccccc2)C(=O)C1=Cc1cccc(Oc2ccc([N+](=O)[O-])cn2)c1. The fourth-order valence-electron chi connectivity index (χ4n) is 2.81. The Balaban J connectivity index is 1.55. The monoisotopic (exact) mass is 402 g/mol. The zero-order chi connectivity index (χ0) is 21.1. The molecule has 9 heteroatoms. The summed E-state index contributed by atoms with van der Waals surface area (Å²) >= 11 is 0. The Kier molecular flexibility index (Phi) is 4.92. The molecule has 2 amide bonds. The van der Waals surface area contributed by atoms with E-state index in [1.807, 2.05) is 6.07 Å². The normalized spacial score (nSPS) is 14.7. The zero-order valence-corrected chi connectivity index (χ0v) is 15.4. The molecule has 0 spiro atoms. The van der Waals surface area contributed by atoms with Gasteiger partial charge in [0.2, 0.25) is 5.88 Å². The molecule has 0 saturated carbocycles. The Labute approximate surface area is 170 Å². The highest BCUT2D eigenvalue weighted by molar-refractivity contribution is 6.31. The molecule has 0 radical (unpaired) electrons. The van der Waals surface area contributed by atoms with Gasteiger partial charge in [0, 0.05) is 12.1 Å². The topological polar surface area (TPSA) is 115 Å². The molecule has 1 saturated heterocycles. The lowest BCUT2D eigenvalue weighted by molar-refractivity contribution is -0.385. The van der Waals surface area contributed by atoms with Gasteiger partial charge in [0.1, 0.15) is 17.5 Å². The Morgan fingerprint density at radius 1 is 1.03 bits per heavy atom. The second-order valence-electron chi connectivity index (χ2n) is 6.26. The average molecular weight is 402 g/mol. The van der Waals surface area contributed by atoms with Crippen LogP contribution in [-0.2, 0) is 9.59 Å². The van der Waals surface area contributed by atoms with Gasteiger partial charge in [-0.1, -0.05) is 30.3 Å². The summed E-state index contributed by atoms with van der Waals surface area (Å²) in [6, 6.07) is 18.2. The van der Waals surface area contributed by atoms with Crippen molar-refractivity contribution >= 4 is 29.3 Å². The van der Waals surface area contributed by atoms with E-state index in [-0.39, 0.29) is 17.1 Å². The maximum atomic E-state index is 12.7. The van der Waals surface area contributed by atoms with Crippen molar-refractivity contribution in [2.75, 3.05) is 5.01 Å². The fraction of sp³-hybridized carbons (Fsp3) is 0. The van der Waals surface area contributed by atoms with Crippen molar-refractivity contribution in [3.63, 3.8) is 0 Å². The molecule has 0 aliphatic carbocycles. The van der Waals surface area contributed by atoms with Gasteiger partial charge in [0.05, 0.1) is 10.6 Å². The number of carbonyl (C=O) groups is 2. The minimum atomic E-state index is -0.550. The number of benzene rings is 2. The number of amides is 2. The number of hydrazine groups is 1. The number of nitrogens with one attached hydrogen (secondary N) is 1. The van der Waals surface area contributed by atoms with Gasteiger partial charge in [0.15, 0.2) is 0 Å². The average Bonchev–Trinajstić information content (AvgIpc) is 3.03. The third-order valence-electron chi connectivity index (χ3n) is 4.23. The molecular formula is C21H14N4O5. The standard InChI is InChI=1S/C21H14N4O5/c26-20-18(21(27)24(23-20)15-6-2-1-3-7-15)12-14-5-4-8-17(11-14)30-19-10-9-16(13-22-19)25(28)29/h1-13H,(H,23,26). The van der Waals surface area contributed by atoms with E-state index in [0.29, 0.717) is 17.0 Å². The number of para-hydroxylation sites is 1. The number of nitrogens with zero attached hydrogens (tertiary/aromatic N) is 3. The van der Waals surface area contributed by atoms with Crippen molar-refractivity contribution in [2.24, 2.45) is 0 Å². The number of hydrogen-bond acceptors (Lipinski definition) is 6. The Morgan fingerprint density at radius 2 is 1.83 bits per heavy atom. The Bertz CT molecular complexity index is 1160. The minimum Gasteiger partial charge on any atom is -0.439 e. The molecular weight excluding hydrogens is 388 g/mol. The van der Waals surface area contributed by atoms with Gasteiger partial charge in [-0.25, -0.2) is 9.99 Å². The van der Waals surface area contributed by atoms with Crippen molar-refractivity contribution in [2.45, 2.75) is 0 Å². The van der Waals surface area contributed by atoms with E-state index in [2.05, 4.69) is 10.4 Å². The third-order valence-corrected chi connectivity index (χ3v) is 4.23. The quantitative estimate of drug-likeness (QED) is 0.303. The lowest BCUT2D eigenvalue weighted by Gasteiger charge is -2.13. The molecule has 0 unspecified atom stereocenters. The summed E-state index contributed by atoms with van der Waals surface area (Å²) in [6.07, 6.45) is 2.57. The first kappa shape index (κ1) is 18.8. The van der Waals surface area contributed by atoms with Crippen LogP contribution in [0.15, 0.2) is 78.5 Å². The van der Waals surface area contributed by atoms with Crippen LogP contribution in [0.25, 0.3) is 6.08 Å². The predicted octanol–water partition coefficient (Wildman–Crippen LogP) is 3.24. The fourth-order valence-corrected chi connectivity index (χ4v) is 2.81. The second-order valence-corrected chi connectivity index (χ2v) is 6.26. The number of ether oxygens (including phenoxy) is 1. The number of anilines is 1. The van der Waals surface area contributed by atoms with Gasteiger partial charge >= 0.3 is 0 Å². The third kappa shape index (κ3) is 3.85. The molecule has 2 heterocycles. The maximum absolute atomic E-state index is 12.7. The van der Waals surface area contributed by atoms with Gasteiger partial charge in [-0.3, -0.25) is 25.1 Å². The van der Waals surface area contributed by atoms with Crippen LogP contribution >= 0.6 is 0 Å². The predicted molar refractivity (Wildman–Crippen MR) is 107 cm³/mol. The Hall–Kier alpha value is -4.53. The van der Waals surface area contributed by atoms with Gasteiger partial charge in [0.25, 0.3) is 17.5 Å². The molecule has 148 valence electrons. The van der Waals surface area contributed by atoms with Crippen LogP contribution in [0.3, 0.4) is 0 Å². The summed E-state index contributed by atoms with van der Waals surface area (Å²) < 4.78 is 5.60. The van der Waals surface area contributed by atoms with Crippen molar-refractivity contribution in [3.05, 3.63) is 94.2 Å². The van der Waals surface area contributed by atoms with Crippen LogP contribution in [0, 0.1) is 10.1 Å². The number of aromatic nitrogens is 1. The van der Waals surface area contributed by atoms with E-state index in [9.17, 15) is 19.7 Å². The largest absolute Gasteiger partial charge is 0.439 e. The van der Waals surface area contributed by atoms with Gasteiger partial charge < -0.3 is 4.74 Å². The molecule has 1 N–H and O–H groups in total. The number of nitro groups is 1. The first-order valence-electron chi connectivity index (χ1n) is 8.82. The molecule has 2 aromatic carbocycles. The van der Waals surface area contributed by atoms with E-state index >= 15 is 0 Å². The smallest absolute Gasteiger partial charge is 0.287 e. The maximum Gasteiger partial charge on any atom is 0.287 e. The number of carbonyl (C=O) groups excluding carboxylic acids is 2. The van der Waals surface area contributed by atoms with Gasteiger partial charge in [-0.05, 0) is 35.9 Å². The van der Waals surface area contributed by atoms with E-state index in [4.69, 9.17) is 4.74 Å². The summed E-state index contributed by atoms with van der Waals surface area (Å²) in [5, 5.41) is 11.9. The molecule has 1 aliphatic heterocycles. The summed E-state index contributed by atoms with van der Waals surface area (Å²) in [5.41, 5.74) is 3.51. The van der Waals surface area contributed by atoms with E-state index in [1.165, 1.54) is 23.2 Å². The van der Waals surface area contributed by atoms with Crippen molar-refractivity contribution in [1.82, 2.24) is 10.4 Å². The molecule has 4 rings (SSSR count). The number of pyridine rings is 1. The van der Waals surface area contributed by atoms with E-state index in [0.717, 1.165) is 6.20 Å². The van der Waals surface area contributed by atoms with E-state index < -0.39 is 16.7 Å². The molecule has 1 aliphatic rings. The van der Waals surface area contributed by atoms with Crippen molar-refractivity contribution < 1.29 is 19.2 Å². The first-order valence-corrected chi connectivity index (χ1v) is 8.82. The molecule has 3 aromatic rings. The summed E-state index contributed by atoms with van der Waals surface area (Å²) in [7, 11) is 0. The molecule has 9 nitrogen and oxygen atoms in total. The number of rotatable bonds is 5. The van der Waals surface area contributed by atoms with Gasteiger partial charge in [-0.15, -0.1) is 0 Å². The van der Waals surface area contributed by atoms with E-state index in [1.54, 1.807) is 48.5 Å². The van der Waals surface area contributed by atoms with Crippen molar-refractivity contribution in [1.29, 1.82) is 0 Å². The summed E-state index contributed by atoms with van der Waals surface area (Å²) in [4.78, 5) is 39.0. The highest BCUT2D eigenvalue weighted by Gasteiger charge is 2.34. The van der Waals surface area contributed by atoms with Crippen LogP contribution in [-0.4, -0.2) is 21.7 Å². The highest BCUT2D eigenvalue weighted by Crippen LogP contribution is 2.25.